The average molecular weight is 608 g/mol. The summed E-state index contributed by atoms with van der Waals surface area (Å²) in [6.45, 7) is -0.0379. The minimum Gasteiger partial charge on any atom is -0.387 e. The largest absolute Gasteiger partial charge is 0.387 e. The first-order valence-corrected chi connectivity index (χ1v) is 14.7. The first-order valence-electron chi connectivity index (χ1n) is 12.8. The lowest BCUT2D eigenvalue weighted by atomic mass is 9.74. The van der Waals surface area contributed by atoms with Crippen LogP contribution in [0.2, 0.25) is 5.02 Å². The van der Waals surface area contributed by atoms with Crippen LogP contribution in [0, 0.1) is 29.3 Å². The van der Waals surface area contributed by atoms with Gasteiger partial charge in [-0.05, 0) is 67.9 Å². The Morgan fingerprint density at radius 3 is 2.27 bits per heavy atom. The lowest BCUT2D eigenvalue weighted by molar-refractivity contribution is -0.0548. The third-order valence-electron chi connectivity index (χ3n) is 8.01. The molecule has 8 nitrogen and oxygen atoms in total. The van der Waals surface area contributed by atoms with Crippen LogP contribution < -0.4 is 10.6 Å². The summed E-state index contributed by atoms with van der Waals surface area (Å²) >= 11 is 6.26. The summed E-state index contributed by atoms with van der Waals surface area (Å²) in [6, 6.07) is 7.98. The molecule has 0 aliphatic heterocycles. The fourth-order valence-electron chi connectivity index (χ4n) is 5.85. The molecule has 2 saturated carbocycles. The summed E-state index contributed by atoms with van der Waals surface area (Å²) in [7, 11) is -4.08. The monoisotopic (exact) mass is 607 g/mol. The zero-order valence-corrected chi connectivity index (χ0v) is 23.0. The van der Waals surface area contributed by atoms with E-state index in [1.54, 1.807) is 12.1 Å². The average Bonchev–Trinajstić information content (AvgIpc) is 3.10. The number of nitrogens with zero attached hydrogens (tertiary/aromatic N) is 1. The number of aliphatic hydroxyl groups is 1. The van der Waals surface area contributed by atoms with E-state index in [1.807, 2.05) is 0 Å². The molecule has 0 spiro atoms. The van der Waals surface area contributed by atoms with Gasteiger partial charge >= 0.3 is 0 Å². The lowest BCUT2D eigenvalue weighted by Crippen LogP contribution is -2.54. The molecule has 0 radical (unpaired) electrons. The zero-order valence-electron chi connectivity index (χ0n) is 21.4. The molecular weight excluding hydrogens is 583 g/mol. The van der Waals surface area contributed by atoms with Crippen molar-refractivity contribution >= 4 is 38.9 Å². The van der Waals surface area contributed by atoms with Crippen molar-refractivity contribution < 1.29 is 36.3 Å². The first-order chi connectivity index (χ1) is 19.4. The minimum absolute atomic E-state index is 0.0379. The molecule has 2 amide bonds. The molecule has 1 unspecified atom stereocenters. The maximum Gasteiger partial charge on any atom is 0.255 e. The van der Waals surface area contributed by atoms with E-state index in [0.29, 0.717) is 30.5 Å². The maximum absolute atomic E-state index is 13.7. The molecule has 2 aromatic carbocycles. The maximum atomic E-state index is 13.7. The van der Waals surface area contributed by atoms with Crippen LogP contribution in [0.15, 0.2) is 59.8 Å². The number of carbonyl (C=O) groups is 2. The highest BCUT2D eigenvalue weighted by Gasteiger charge is 2.55. The van der Waals surface area contributed by atoms with E-state index < -0.39 is 61.8 Å². The van der Waals surface area contributed by atoms with Crippen molar-refractivity contribution in [1.82, 2.24) is 10.3 Å². The number of nitrogens with one attached hydrogen (secondary N) is 2. The highest BCUT2D eigenvalue weighted by molar-refractivity contribution is 7.92. The summed E-state index contributed by atoms with van der Waals surface area (Å²) in [5, 5.41) is 15.5. The van der Waals surface area contributed by atoms with Crippen molar-refractivity contribution in [2.24, 2.45) is 11.8 Å². The van der Waals surface area contributed by atoms with Crippen molar-refractivity contribution in [3.05, 3.63) is 88.5 Å². The Labute approximate surface area is 238 Å². The van der Waals surface area contributed by atoms with Gasteiger partial charge in [-0.25, -0.2) is 21.6 Å². The van der Waals surface area contributed by atoms with Gasteiger partial charge in [0.1, 0.15) is 0 Å². The van der Waals surface area contributed by atoms with Crippen molar-refractivity contribution in [3.8, 4) is 0 Å². The molecule has 0 saturated heterocycles. The third-order valence-corrected chi connectivity index (χ3v) is 10.7. The number of rotatable bonds is 7. The molecule has 1 aromatic heterocycles. The van der Waals surface area contributed by atoms with Crippen molar-refractivity contribution in [2.45, 2.75) is 41.4 Å². The number of fused-ring (bicyclic) bond motifs is 2. The Bertz CT molecular complexity index is 1590. The predicted octanol–water partition coefficient (Wildman–Crippen LogP) is 4.53. The SMILES string of the molecule is O=C(NC[C@@]1(O)C2CC[C@H]1C[C@H](S(=O)(=O)c1cc(C(=O)Nc3cc(F)c(F)c(F)c3)ccc1Cl)C2)c1cccnc1. The minimum atomic E-state index is -4.08. The van der Waals surface area contributed by atoms with Gasteiger partial charge in [-0.1, -0.05) is 11.6 Å². The summed E-state index contributed by atoms with van der Waals surface area (Å²) in [6.07, 6.45) is 4.35. The first kappa shape index (κ1) is 29.0. The van der Waals surface area contributed by atoms with Gasteiger partial charge in [0, 0.05) is 42.3 Å². The topological polar surface area (TPSA) is 125 Å². The molecule has 2 aliphatic rings. The summed E-state index contributed by atoms with van der Waals surface area (Å²) in [4.78, 5) is 28.9. The Morgan fingerprint density at radius 1 is 1.00 bits per heavy atom. The van der Waals surface area contributed by atoms with Crippen LogP contribution in [-0.2, 0) is 9.84 Å². The zero-order chi connectivity index (χ0) is 29.5. The number of hydrogen-bond acceptors (Lipinski definition) is 6. The van der Waals surface area contributed by atoms with Crippen LogP contribution >= 0.6 is 11.6 Å². The van der Waals surface area contributed by atoms with Gasteiger partial charge in [0.15, 0.2) is 27.3 Å². The second kappa shape index (κ2) is 11.1. The normalized spacial score (nSPS) is 23.7. The van der Waals surface area contributed by atoms with Gasteiger partial charge in [-0.3, -0.25) is 14.6 Å². The molecule has 216 valence electrons. The molecule has 13 heteroatoms. The van der Waals surface area contributed by atoms with Gasteiger partial charge in [0.05, 0.1) is 26.3 Å². The van der Waals surface area contributed by atoms with Crippen LogP contribution in [0.25, 0.3) is 0 Å². The Kier molecular flexibility index (Phi) is 7.84. The molecule has 41 heavy (non-hydrogen) atoms. The third kappa shape index (κ3) is 5.55. The Hall–Kier alpha value is -3.48. The lowest BCUT2D eigenvalue weighted by Gasteiger charge is -2.42. The number of pyridine rings is 1. The van der Waals surface area contributed by atoms with E-state index in [4.69, 9.17) is 11.6 Å². The van der Waals surface area contributed by atoms with Crippen molar-refractivity contribution in [1.29, 1.82) is 0 Å². The van der Waals surface area contributed by atoms with E-state index in [-0.39, 0.29) is 40.6 Å². The second-order valence-corrected chi connectivity index (χ2v) is 13.0. The molecule has 2 aliphatic carbocycles. The fraction of sp³-hybridized carbons (Fsp3) is 0.321. The highest BCUT2D eigenvalue weighted by atomic mass is 35.5. The summed E-state index contributed by atoms with van der Waals surface area (Å²) in [5.74, 6) is -6.76. The van der Waals surface area contributed by atoms with E-state index in [1.165, 1.54) is 24.5 Å². The van der Waals surface area contributed by atoms with Crippen molar-refractivity contribution in [3.63, 3.8) is 0 Å². The molecule has 2 bridgehead atoms. The quantitative estimate of drug-likeness (QED) is 0.339. The van der Waals surface area contributed by atoms with E-state index in [0.717, 1.165) is 6.07 Å². The molecule has 5 rings (SSSR count). The van der Waals surface area contributed by atoms with Crippen LogP contribution in [-0.4, -0.2) is 47.7 Å². The number of sulfone groups is 1. The highest BCUT2D eigenvalue weighted by Crippen LogP contribution is 2.52. The van der Waals surface area contributed by atoms with E-state index in [2.05, 4.69) is 15.6 Å². The summed E-state index contributed by atoms with van der Waals surface area (Å²) in [5.41, 5.74) is -1.45. The van der Waals surface area contributed by atoms with E-state index >= 15 is 0 Å². The smallest absolute Gasteiger partial charge is 0.255 e. The van der Waals surface area contributed by atoms with Crippen molar-refractivity contribution in [2.75, 3.05) is 11.9 Å². The molecular formula is C28H25ClF3N3O5S. The number of amides is 2. The van der Waals surface area contributed by atoms with E-state index in [9.17, 15) is 36.3 Å². The molecule has 1 heterocycles. The van der Waals surface area contributed by atoms with Gasteiger partial charge in [-0.2, -0.15) is 0 Å². The van der Waals surface area contributed by atoms with Gasteiger partial charge in [0.25, 0.3) is 11.8 Å². The van der Waals surface area contributed by atoms with Gasteiger partial charge < -0.3 is 15.7 Å². The number of benzene rings is 2. The van der Waals surface area contributed by atoms with Crippen LogP contribution in [0.3, 0.4) is 0 Å². The number of hydrogen-bond donors (Lipinski definition) is 3. The standard InChI is InChI=1S/C28H25ClF3N3O5S/c29-21-6-3-15(27(37)35-19-11-22(30)25(32)23(31)12-19)8-24(21)41(39,40)20-9-17-4-5-18(10-20)28(17,38)14-34-26(36)16-2-1-7-33-13-16/h1-3,6-8,11-13,17-18,20,38H,4-5,9-10,14H2,(H,34,36)(H,35,37)/t17-,18?,20-,28-/m0/s1. The Balaban J connectivity index is 1.32. The predicted molar refractivity (Wildman–Crippen MR) is 144 cm³/mol. The van der Waals surface area contributed by atoms with Crippen LogP contribution in [0.4, 0.5) is 18.9 Å². The van der Waals surface area contributed by atoms with Gasteiger partial charge in [0.2, 0.25) is 0 Å². The molecule has 3 aromatic rings. The second-order valence-electron chi connectivity index (χ2n) is 10.4. The summed E-state index contributed by atoms with van der Waals surface area (Å²) < 4.78 is 67.8. The van der Waals surface area contributed by atoms with Crippen LogP contribution in [0.1, 0.15) is 46.4 Å². The fourth-order valence-corrected chi connectivity index (χ4v) is 8.25. The number of carbonyl (C=O) groups excluding carboxylic acids is 2. The molecule has 4 atom stereocenters. The molecule has 2 fully saturated rings. The number of anilines is 1. The number of halogens is 4. The number of aromatic nitrogens is 1. The van der Waals surface area contributed by atoms with Gasteiger partial charge in [-0.15, -0.1) is 0 Å². The molecule has 3 N–H and O–H groups in total. The van der Waals surface area contributed by atoms with Crippen LogP contribution in [0.5, 0.6) is 0 Å². The Morgan fingerprint density at radius 2 is 1.66 bits per heavy atom.